The van der Waals surface area contributed by atoms with E-state index >= 15 is 0 Å². The van der Waals surface area contributed by atoms with E-state index in [0.717, 1.165) is 26.2 Å². The molecule has 2 N–H and O–H groups in total. The maximum Gasteiger partial charge on any atom is 0.0764 e. The lowest BCUT2D eigenvalue weighted by Crippen LogP contribution is -2.38. The van der Waals surface area contributed by atoms with Crippen LogP contribution in [0, 0.1) is 5.41 Å². The van der Waals surface area contributed by atoms with Crippen LogP contribution in [0.3, 0.4) is 0 Å². The molecule has 1 aliphatic carbocycles. The van der Waals surface area contributed by atoms with Gasteiger partial charge in [-0.15, -0.1) is 0 Å². The van der Waals surface area contributed by atoms with Gasteiger partial charge in [0.05, 0.1) is 11.7 Å². The summed E-state index contributed by atoms with van der Waals surface area (Å²) in [6, 6.07) is 2.82. The summed E-state index contributed by atoms with van der Waals surface area (Å²) in [7, 11) is 0. The average molecular weight is 292 g/mol. The van der Waals surface area contributed by atoms with E-state index in [1.807, 2.05) is 0 Å². The van der Waals surface area contributed by atoms with Gasteiger partial charge in [0.1, 0.15) is 0 Å². The van der Waals surface area contributed by atoms with Crippen molar-refractivity contribution in [1.29, 1.82) is 0 Å². The third-order valence-corrected chi connectivity index (χ3v) is 4.65. The third kappa shape index (κ3) is 4.82. The van der Waals surface area contributed by atoms with Crippen LogP contribution in [-0.2, 0) is 6.54 Å². The molecule has 0 unspecified atom stereocenters. The summed E-state index contributed by atoms with van der Waals surface area (Å²) in [6.07, 6.45) is 8.85. The molecule has 0 saturated heterocycles. The first-order chi connectivity index (χ1) is 10.0. The molecule has 0 aliphatic heterocycles. The molecular weight excluding hydrogens is 260 g/mol. The molecule has 4 heteroatoms. The molecule has 4 nitrogen and oxygen atoms in total. The van der Waals surface area contributed by atoms with Crippen LogP contribution in [0.25, 0.3) is 0 Å². The largest absolute Gasteiger partial charge is 0.330 e. The van der Waals surface area contributed by atoms with Gasteiger partial charge in [0.2, 0.25) is 0 Å². The van der Waals surface area contributed by atoms with Crippen LogP contribution in [0.2, 0.25) is 0 Å². The number of rotatable bonds is 7. The van der Waals surface area contributed by atoms with Gasteiger partial charge in [-0.05, 0) is 37.4 Å². The Morgan fingerprint density at radius 1 is 1.33 bits per heavy atom. The molecule has 1 aromatic rings. The van der Waals surface area contributed by atoms with E-state index in [1.165, 1.54) is 37.8 Å². The van der Waals surface area contributed by atoms with Crippen LogP contribution < -0.4 is 5.73 Å². The van der Waals surface area contributed by atoms with Gasteiger partial charge < -0.3 is 5.73 Å². The lowest BCUT2D eigenvalue weighted by atomic mass is 9.93. The van der Waals surface area contributed by atoms with Gasteiger partial charge in [0, 0.05) is 19.3 Å². The first-order valence-corrected chi connectivity index (χ1v) is 8.50. The fourth-order valence-electron chi connectivity index (χ4n) is 3.19. The molecule has 0 amide bonds. The van der Waals surface area contributed by atoms with Crippen LogP contribution in [0.5, 0.6) is 0 Å². The predicted molar refractivity (Wildman–Crippen MR) is 88.1 cm³/mol. The molecule has 0 bridgehead atoms. The molecular formula is C17H32N4. The molecule has 1 aliphatic rings. The molecule has 0 spiro atoms. The zero-order chi connectivity index (χ0) is 15.3. The Morgan fingerprint density at radius 2 is 2.05 bits per heavy atom. The Bertz CT molecular complexity index is 418. The van der Waals surface area contributed by atoms with Crippen molar-refractivity contribution in [2.45, 2.75) is 65.5 Å². The fourth-order valence-corrected chi connectivity index (χ4v) is 3.19. The topological polar surface area (TPSA) is 47.1 Å². The van der Waals surface area contributed by atoms with Crippen LogP contribution in [0.4, 0.5) is 0 Å². The van der Waals surface area contributed by atoms with Crippen LogP contribution >= 0.6 is 0 Å². The van der Waals surface area contributed by atoms with E-state index in [4.69, 9.17) is 10.8 Å². The summed E-state index contributed by atoms with van der Waals surface area (Å²) >= 11 is 0. The minimum Gasteiger partial charge on any atom is -0.330 e. The van der Waals surface area contributed by atoms with Crippen molar-refractivity contribution >= 4 is 0 Å². The molecule has 1 fully saturated rings. The van der Waals surface area contributed by atoms with E-state index in [1.54, 1.807) is 0 Å². The number of nitrogens with two attached hydrogens (primary N) is 1. The molecule has 21 heavy (non-hydrogen) atoms. The second-order valence-corrected chi connectivity index (χ2v) is 7.25. The monoisotopic (exact) mass is 292 g/mol. The van der Waals surface area contributed by atoms with Crippen molar-refractivity contribution in [3.63, 3.8) is 0 Å². The minimum atomic E-state index is 0.169. The Labute approximate surface area is 129 Å². The molecule has 1 aromatic heterocycles. The second-order valence-electron chi connectivity index (χ2n) is 7.25. The Hall–Kier alpha value is -0.870. The van der Waals surface area contributed by atoms with Crippen molar-refractivity contribution in [3.05, 3.63) is 18.0 Å². The summed E-state index contributed by atoms with van der Waals surface area (Å²) in [5.41, 5.74) is 7.22. The zero-order valence-electron chi connectivity index (χ0n) is 14.0. The summed E-state index contributed by atoms with van der Waals surface area (Å²) < 4.78 is 2.20. The first-order valence-electron chi connectivity index (χ1n) is 8.50. The number of aromatic nitrogens is 2. The highest BCUT2D eigenvalue weighted by molar-refractivity contribution is 5.00. The standard InChI is InChI=1S/C17H32N4/c1-4-20(14-17(2,3)13-18)12-15-10-11-21(19-15)16-8-6-5-7-9-16/h10-11,16H,4-9,12-14,18H2,1-3H3. The summed E-state index contributed by atoms with van der Waals surface area (Å²) in [5.74, 6) is 0. The predicted octanol–water partition coefficient (Wildman–Crippen LogP) is 3.20. The minimum absolute atomic E-state index is 0.169. The highest BCUT2D eigenvalue weighted by Crippen LogP contribution is 2.27. The Morgan fingerprint density at radius 3 is 2.67 bits per heavy atom. The van der Waals surface area contributed by atoms with Crippen molar-refractivity contribution < 1.29 is 0 Å². The van der Waals surface area contributed by atoms with Crippen molar-refractivity contribution in [1.82, 2.24) is 14.7 Å². The number of hydrogen-bond acceptors (Lipinski definition) is 3. The lowest BCUT2D eigenvalue weighted by Gasteiger charge is -2.30. The van der Waals surface area contributed by atoms with Gasteiger partial charge in [-0.25, -0.2) is 0 Å². The molecule has 120 valence electrons. The number of nitrogens with zero attached hydrogens (tertiary/aromatic N) is 3. The molecule has 1 heterocycles. The van der Waals surface area contributed by atoms with Gasteiger partial charge >= 0.3 is 0 Å². The van der Waals surface area contributed by atoms with E-state index in [2.05, 4.69) is 42.6 Å². The van der Waals surface area contributed by atoms with Gasteiger partial charge in [-0.3, -0.25) is 9.58 Å². The molecule has 1 saturated carbocycles. The molecule has 0 aromatic carbocycles. The summed E-state index contributed by atoms with van der Waals surface area (Å²) in [6.45, 7) is 10.4. The Balaban J connectivity index is 1.93. The quantitative estimate of drug-likeness (QED) is 0.839. The van der Waals surface area contributed by atoms with Gasteiger partial charge in [-0.1, -0.05) is 40.0 Å². The van der Waals surface area contributed by atoms with Gasteiger partial charge in [-0.2, -0.15) is 5.10 Å². The van der Waals surface area contributed by atoms with Crippen molar-refractivity contribution in [2.75, 3.05) is 19.6 Å². The van der Waals surface area contributed by atoms with Crippen LogP contribution in [0.15, 0.2) is 12.3 Å². The second kappa shape index (κ2) is 7.41. The Kier molecular flexibility index (Phi) is 5.82. The highest BCUT2D eigenvalue weighted by Gasteiger charge is 2.21. The first kappa shape index (κ1) is 16.5. The average Bonchev–Trinajstić information content (AvgIpc) is 2.96. The molecule has 0 atom stereocenters. The SMILES string of the molecule is CCN(Cc1ccn(C2CCCCC2)n1)CC(C)(C)CN. The summed E-state index contributed by atoms with van der Waals surface area (Å²) in [5, 5.41) is 4.82. The normalized spacial score (nSPS) is 17.6. The lowest BCUT2D eigenvalue weighted by molar-refractivity contribution is 0.181. The number of hydrogen-bond donors (Lipinski definition) is 1. The van der Waals surface area contributed by atoms with E-state index in [-0.39, 0.29) is 5.41 Å². The van der Waals surface area contributed by atoms with Crippen LogP contribution in [0.1, 0.15) is 64.6 Å². The maximum absolute atomic E-state index is 5.86. The van der Waals surface area contributed by atoms with Gasteiger partial charge in [0.15, 0.2) is 0 Å². The van der Waals surface area contributed by atoms with E-state index in [9.17, 15) is 0 Å². The maximum atomic E-state index is 5.86. The van der Waals surface area contributed by atoms with E-state index < -0.39 is 0 Å². The third-order valence-electron chi connectivity index (χ3n) is 4.65. The zero-order valence-corrected chi connectivity index (χ0v) is 14.0. The van der Waals surface area contributed by atoms with Crippen molar-refractivity contribution in [3.8, 4) is 0 Å². The van der Waals surface area contributed by atoms with Crippen LogP contribution in [-0.4, -0.2) is 34.3 Å². The molecule has 0 radical (unpaired) electrons. The fraction of sp³-hybridized carbons (Fsp3) is 0.824. The summed E-state index contributed by atoms with van der Waals surface area (Å²) in [4.78, 5) is 2.44. The molecule has 2 rings (SSSR count). The van der Waals surface area contributed by atoms with Gasteiger partial charge in [0.25, 0.3) is 0 Å². The smallest absolute Gasteiger partial charge is 0.0764 e. The van der Waals surface area contributed by atoms with Crippen molar-refractivity contribution in [2.24, 2.45) is 11.1 Å². The van der Waals surface area contributed by atoms with E-state index in [0.29, 0.717) is 6.04 Å². The highest BCUT2D eigenvalue weighted by atomic mass is 15.3.